The smallest absolute Gasteiger partial charge is 0.315 e. The summed E-state index contributed by atoms with van der Waals surface area (Å²) in [6, 6.07) is 5.45. The van der Waals surface area contributed by atoms with Gasteiger partial charge in [-0.3, -0.25) is 9.59 Å². The maximum atomic E-state index is 11.4. The summed E-state index contributed by atoms with van der Waals surface area (Å²) in [6.45, 7) is 1.39. The zero-order chi connectivity index (χ0) is 13.7. The third kappa shape index (κ3) is 3.61. The van der Waals surface area contributed by atoms with E-state index in [-0.39, 0.29) is 12.3 Å². The van der Waals surface area contributed by atoms with Gasteiger partial charge in [-0.25, -0.2) is 0 Å². The summed E-state index contributed by atoms with van der Waals surface area (Å²) in [7, 11) is 1.25. The van der Waals surface area contributed by atoms with Gasteiger partial charge in [0.15, 0.2) is 11.5 Å². The van der Waals surface area contributed by atoms with Crippen LogP contribution in [0.15, 0.2) is 18.2 Å². The van der Waals surface area contributed by atoms with Gasteiger partial charge in [-0.05, 0) is 17.7 Å². The first-order chi connectivity index (χ1) is 9.19. The fourth-order valence-electron chi connectivity index (χ4n) is 1.66. The van der Waals surface area contributed by atoms with Crippen LogP contribution in [0.5, 0.6) is 11.5 Å². The molecule has 0 fully saturated rings. The second-order valence-corrected chi connectivity index (χ2v) is 4.01. The van der Waals surface area contributed by atoms with Gasteiger partial charge in [-0.2, -0.15) is 0 Å². The molecule has 1 aliphatic rings. The Morgan fingerprint density at radius 3 is 2.74 bits per heavy atom. The average Bonchev–Trinajstić information content (AvgIpc) is 2.44. The molecule has 102 valence electrons. The monoisotopic (exact) mass is 265 g/mol. The number of carbonyl (C=O) groups excluding carboxylic acids is 2. The number of ether oxygens (including phenoxy) is 3. The molecule has 0 radical (unpaired) electrons. The van der Waals surface area contributed by atoms with Gasteiger partial charge in [0.25, 0.3) is 0 Å². The van der Waals surface area contributed by atoms with E-state index in [0.717, 1.165) is 5.56 Å². The molecule has 19 heavy (non-hydrogen) atoms. The standard InChI is InChI=1S/C13H15NO5/c1-17-13(16)7-12(15)14-8-9-2-3-10-11(6-9)19-5-4-18-10/h2-3,6H,4-5,7-8H2,1H3,(H,14,15). The van der Waals surface area contributed by atoms with E-state index in [1.54, 1.807) is 6.07 Å². The zero-order valence-electron chi connectivity index (χ0n) is 10.6. The normalized spacial score (nSPS) is 12.7. The van der Waals surface area contributed by atoms with Gasteiger partial charge in [-0.15, -0.1) is 0 Å². The van der Waals surface area contributed by atoms with Gasteiger partial charge in [0.1, 0.15) is 19.6 Å². The molecule has 6 heteroatoms. The molecule has 0 saturated carbocycles. The van der Waals surface area contributed by atoms with Crippen molar-refractivity contribution in [2.75, 3.05) is 20.3 Å². The van der Waals surface area contributed by atoms with Gasteiger partial charge >= 0.3 is 5.97 Å². The Morgan fingerprint density at radius 1 is 1.26 bits per heavy atom. The number of nitrogens with one attached hydrogen (secondary N) is 1. The van der Waals surface area contributed by atoms with E-state index < -0.39 is 5.97 Å². The first-order valence-electron chi connectivity index (χ1n) is 5.91. The molecule has 1 N–H and O–H groups in total. The number of amides is 1. The first-order valence-corrected chi connectivity index (χ1v) is 5.91. The number of carbonyl (C=O) groups is 2. The molecular weight excluding hydrogens is 250 g/mol. The molecule has 6 nitrogen and oxygen atoms in total. The second-order valence-electron chi connectivity index (χ2n) is 4.01. The summed E-state index contributed by atoms with van der Waals surface area (Å²) in [6.07, 6.45) is -0.277. The second kappa shape index (κ2) is 6.08. The Hall–Kier alpha value is -2.24. The number of benzene rings is 1. The van der Waals surface area contributed by atoms with Crippen LogP contribution in [0.25, 0.3) is 0 Å². The van der Waals surface area contributed by atoms with E-state index in [1.807, 2.05) is 12.1 Å². The number of fused-ring (bicyclic) bond motifs is 1. The molecule has 0 aromatic heterocycles. The van der Waals surface area contributed by atoms with Crippen LogP contribution in [0.1, 0.15) is 12.0 Å². The van der Waals surface area contributed by atoms with Crippen LogP contribution in [-0.4, -0.2) is 32.2 Å². The largest absolute Gasteiger partial charge is 0.486 e. The lowest BCUT2D eigenvalue weighted by molar-refractivity contribution is -0.143. The summed E-state index contributed by atoms with van der Waals surface area (Å²) < 4.78 is 15.2. The predicted octanol–water partition coefficient (Wildman–Crippen LogP) is 0.637. The number of rotatable bonds is 4. The van der Waals surface area contributed by atoms with Crippen LogP contribution in [0, 0.1) is 0 Å². The molecule has 1 aromatic rings. The van der Waals surface area contributed by atoms with Gasteiger partial charge < -0.3 is 19.5 Å². The topological polar surface area (TPSA) is 73.9 Å². The minimum absolute atomic E-state index is 0.277. The highest BCUT2D eigenvalue weighted by molar-refractivity contribution is 5.94. The highest BCUT2D eigenvalue weighted by atomic mass is 16.6. The molecule has 0 aliphatic carbocycles. The van der Waals surface area contributed by atoms with Crippen molar-refractivity contribution < 1.29 is 23.8 Å². The fourth-order valence-corrected chi connectivity index (χ4v) is 1.66. The third-order valence-corrected chi connectivity index (χ3v) is 2.63. The Morgan fingerprint density at radius 2 is 2.00 bits per heavy atom. The quantitative estimate of drug-likeness (QED) is 0.638. The van der Waals surface area contributed by atoms with Crippen molar-refractivity contribution in [3.05, 3.63) is 23.8 Å². The Bertz CT molecular complexity index is 486. The molecule has 2 rings (SSSR count). The van der Waals surface area contributed by atoms with Crippen LogP contribution >= 0.6 is 0 Å². The van der Waals surface area contributed by atoms with Crippen LogP contribution in [0.3, 0.4) is 0 Å². The predicted molar refractivity (Wildman–Crippen MR) is 65.9 cm³/mol. The minimum Gasteiger partial charge on any atom is -0.486 e. The summed E-state index contributed by atoms with van der Waals surface area (Å²) in [5.41, 5.74) is 0.877. The first kappa shape index (κ1) is 13.2. The lowest BCUT2D eigenvalue weighted by Crippen LogP contribution is -2.25. The number of hydrogen-bond donors (Lipinski definition) is 1. The fraction of sp³-hybridized carbons (Fsp3) is 0.385. The summed E-state index contributed by atoms with van der Waals surface area (Å²) >= 11 is 0. The van der Waals surface area contributed by atoms with Crippen molar-refractivity contribution in [3.63, 3.8) is 0 Å². The molecule has 0 saturated heterocycles. The van der Waals surface area contributed by atoms with E-state index in [0.29, 0.717) is 31.3 Å². The van der Waals surface area contributed by atoms with Crippen molar-refractivity contribution >= 4 is 11.9 Å². The van der Waals surface area contributed by atoms with Crippen LogP contribution < -0.4 is 14.8 Å². The molecule has 1 aliphatic heterocycles. The van der Waals surface area contributed by atoms with Gasteiger partial charge in [0.2, 0.25) is 5.91 Å². The summed E-state index contributed by atoms with van der Waals surface area (Å²) in [5.74, 6) is 0.447. The van der Waals surface area contributed by atoms with Gasteiger partial charge in [-0.1, -0.05) is 6.07 Å². The lowest BCUT2D eigenvalue weighted by Gasteiger charge is -2.18. The maximum Gasteiger partial charge on any atom is 0.315 e. The van der Waals surface area contributed by atoms with Crippen molar-refractivity contribution in [1.29, 1.82) is 0 Å². The highest BCUT2D eigenvalue weighted by Gasteiger charge is 2.13. The van der Waals surface area contributed by atoms with Crippen LogP contribution in [-0.2, 0) is 20.9 Å². The van der Waals surface area contributed by atoms with Crippen molar-refractivity contribution in [3.8, 4) is 11.5 Å². The van der Waals surface area contributed by atoms with E-state index in [9.17, 15) is 9.59 Å². The number of hydrogen-bond acceptors (Lipinski definition) is 5. The maximum absolute atomic E-state index is 11.4. The van der Waals surface area contributed by atoms with E-state index >= 15 is 0 Å². The molecule has 0 atom stereocenters. The summed E-state index contributed by atoms with van der Waals surface area (Å²) in [4.78, 5) is 22.3. The molecular formula is C13H15NO5. The van der Waals surface area contributed by atoms with Crippen molar-refractivity contribution in [2.24, 2.45) is 0 Å². The SMILES string of the molecule is COC(=O)CC(=O)NCc1ccc2c(c1)OCCO2. The summed E-state index contributed by atoms with van der Waals surface area (Å²) in [5, 5.41) is 2.63. The number of methoxy groups -OCH3 is 1. The molecule has 0 bridgehead atoms. The molecule has 1 aromatic carbocycles. The zero-order valence-corrected chi connectivity index (χ0v) is 10.6. The average molecular weight is 265 g/mol. The molecule has 1 heterocycles. The van der Waals surface area contributed by atoms with Gasteiger partial charge in [0.05, 0.1) is 7.11 Å². The Kier molecular flexibility index (Phi) is 4.22. The molecule has 0 unspecified atom stereocenters. The van der Waals surface area contributed by atoms with Crippen LogP contribution in [0.4, 0.5) is 0 Å². The lowest BCUT2D eigenvalue weighted by atomic mass is 10.2. The van der Waals surface area contributed by atoms with Crippen LogP contribution in [0.2, 0.25) is 0 Å². The molecule has 1 amide bonds. The minimum atomic E-state index is -0.556. The third-order valence-electron chi connectivity index (χ3n) is 2.63. The Labute approximate surface area is 110 Å². The van der Waals surface area contributed by atoms with Crippen molar-refractivity contribution in [1.82, 2.24) is 5.32 Å². The Balaban J connectivity index is 1.89. The highest BCUT2D eigenvalue weighted by Crippen LogP contribution is 2.30. The number of esters is 1. The van der Waals surface area contributed by atoms with E-state index in [2.05, 4.69) is 10.1 Å². The van der Waals surface area contributed by atoms with E-state index in [1.165, 1.54) is 7.11 Å². The van der Waals surface area contributed by atoms with E-state index in [4.69, 9.17) is 9.47 Å². The molecule has 0 spiro atoms. The van der Waals surface area contributed by atoms with Gasteiger partial charge in [0, 0.05) is 6.54 Å². The van der Waals surface area contributed by atoms with Crippen molar-refractivity contribution in [2.45, 2.75) is 13.0 Å².